The first kappa shape index (κ1) is 22.4. The monoisotopic (exact) mass is 429 g/mol. The van der Waals surface area contributed by atoms with E-state index in [-0.39, 0.29) is 12.5 Å². The highest BCUT2D eigenvalue weighted by atomic mass is 35.5. The number of guanidine groups is 1. The molecule has 0 saturated carbocycles. The van der Waals surface area contributed by atoms with Crippen LogP contribution in [-0.2, 0) is 6.54 Å². The number of aliphatic hydroxyl groups excluding tert-OH is 1. The Morgan fingerprint density at radius 3 is 2.47 bits per heavy atom. The molecule has 0 amide bonds. The van der Waals surface area contributed by atoms with Gasteiger partial charge >= 0.3 is 0 Å². The van der Waals surface area contributed by atoms with Crippen LogP contribution in [0.2, 0.25) is 5.02 Å². The summed E-state index contributed by atoms with van der Waals surface area (Å²) in [6.07, 6.45) is 0. The van der Waals surface area contributed by atoms with Gasteiger partial charge in [0, 0.05) is 68.5 Å². The molecule has 1 unspecified atom stereocenters. The van der Waals surface area contributed by atoms with E-state index < -0.39 is 0 Å². The van der Waals surface area contributed by atoms with Crippen LogP contribution in [0.4, 0.5) is 5.69 Å². The molecule has 3 rings (SSSR count). The summed E-state index contributed by atoms with van der Waals surface area (Å²) in [6, 6.07) is 16.1. The highest BCUT2D eigenvalue weighted by Crippen LogP contribution is 2.28. The van der Waals surface area contributed by atoms with Crippen molar-refractivity contribution in [3.8, 4) is 0 Å². The molecule has 0 bridgehead atoms. The molecule has 30 heavy (non-hydrogen) atoms. The summed E-state index contributed by atoms with van der Waals surface area (Å²) in [6.45, 7) is 5.32. The average molecular weight is 430 g/mol. The average Bonchev–Trinajstić information content (AvgIpc) is 2.78. The van der Waals surface area contributed by atoms with Gasteiger partial charge in [-0.2, -0.15) is 0 Å². The minimum Gasteiger partial charge on any atom is -0.396 e. The quantitative estimate of drug-likeness (QED) is 0.466. The lowest BCUT2D eigenvalue weighted by Crippen LogP contribution is -2.45. The summed E-state index contributed by atoms with van der Waals surface area (Å²) >= 11 is 6.56. The summed E-state index contributed by atoms with van der Waals surface area (Å²) < 4.78 is 0. The number of benzene rings is 2. The van der Waals surface area contributed by atoms with Crippen molar-refractivity contribution in [3.05, 3.63) is 64.7 Å². The van der Waals surface area contributed by atoms with Crippen molar-refractivity contribution in [3.63, 3.8) is 0 Å². The van der Waals surface area contributed by atoms with Gasteiger partial charge in [-0.05, 0) is 24.7 Å². The van der Waals surface area contributed by atoms with E-state index in [1.807, 2.05) is 42.5 Å². The first-order valence-corrected chi connectivity index (χ1v) is 10.8. The molecule has 2 aromatic carbocycles. The second-order valence-corrected chi connectivity index (χ2v) is 8.03. The van der Waals surface area contributed by atoms with E-state index in [0.717, 1.165) is 42.3 Å². The highest BCUT2D eigenvalue weighted by molar-refractivity contribution is 6.31. The molecule has 2 aromatic rings. The Bertz CT molecular complexity index is 822. The second-order valence-electron chi connectivity index (χ2n) is 7.62. The van der Waals surface area contributed by atoms with Gasteiger partial charge in [-0.15, -0.1) is 0 Å². The van der Waals surface area contributed by atoms with Crippen molar-refractivity contribution in [2.24, 2.45) is 4.99 Å². The van der Waals surface area contributed by atoms with Gasteiger partial charge in [0.2, 0.25) is 0 Å². The number of piperazine rings is 1. The number of rotatable bonds is 7. The topological polar surface area (TPSA) is 63.1 Å². The van der Waals surface area contributed by atoms with E-state index in [2.05, 4.69) is 38.5 Å². The Hall–Kier alpha value is -2.28. The van der Waals surface area contributed by atoms with Crippen LogP contribution >= 0.6 is 11.6 Å². The third kappa shape index (κ3) is 5.88. The third-order valence-electron chi connectivity index (χ3n) is 5.60. The predicted molar refractivity (Wildman–Crippen MR) is 126 cm³/mol. The first-order valence-electron chi connectivity index (χ1n) is 10.4. The molecule has 3 N–H and O–H groups in total. The molecule has 162 valence electrons. The van der Waals surface area contributed by atoms with Crippen molar-refractivity contribution in [1.82, 2.24) is 15.5 Å². The summed E-state index contributed by atoms with van der Waals surface area (Å²) in [5.74, 6) is 0.694. The summed E-state index contributed by atoms with van der Waals surface area (Å²) in [5, 5.41) is 17.2. The van der Waals surface area contributed by atoms with Gasteiger partial charge in [0.15, 0.2) is 5.96 Å². The lowest BCUT2D eigenvalue weighted by Gasteiger charge is -2.35. The van der Waals surface area contributed by atoms with Crippen LogP contribution < -0.4 is 15.5 Å². The third-order valence-corrected chi connectivity index (χ3v) is 5.96. The summed E-state index contributed by atoms with van der Waals surface area (Å²) in [4.78, 5) is 9.08. The van der Waals surface area contributed by atoms with Gasteiger partial charge in [-0.25, -0.2) is 0 Å². The van der Waals surface area contributed by atoms with Crippen molar-refractivity contribution in [1.29, 1.82) is 0 Å². The fraction of sp³-hybridized carbons (Fsp3) is 0.435. The molecule has 0 spiro atoms. The van der Waals surface area contributed by atoms with Gasteiger partial charge < -0.3 is 25.5 Å². The van der Waals surface area contributed by atoms with Gasteiger partial charge in [0.1, 0.15) is 0 Å². The predicted octanol–water partition coefficient (Wildman–Crippen LogP) is 2.53. The highest BCUT2D eigenvalue weighted by Gasteiger charge is 2.19. The van der Waals surface area contributed by atoms with Crippen LogP contribution in [-0.4, -0.2) is 69.4 Å². The van der Waals surface area contributed by atoms with Crippen LogP contribution in [0.1, 0.15) is 17.0 Å². The van der Waals surface area contributed by atoms with Gasteiger partial charge in [0.05, 0.1) is 6.61 Å². The van der Waals surface area contributed by atoms with Gasteiger partial charge in [-0.3, -0.25) is 4.99 Å². The van der Waals surface area contributed by atoms with Gasteiger partial charge in [0.25, 0.3) is 0 Å². The molecule has 0 radical (unpaired) electrons. The number of hydrogen-bond acceptors (Lipinski definition) is 4. The molecular weight excluding hydrogens is 398 g/mol. The van der Waals surface area contributed by atoms with Crippen LogP contribution in [0, 0.1) is 0 Å². The second kappa shape index (κ2) is 11.2. The maximum atomic E-state index is 9.78. The molecule has 1 fully saturated rings. The maximum absolute atomic E-state index is 9.78. The van der Waals surface area contributed by atoms with Gasteiger partial charge in [-0.1, -0.05) is 48.0 Å². The Morgan fingerprint density at radius 1 is 1.07 bits per heavy atom. The molecule has 1 aliphatic rings. The fourth-order valence-electron chi connectivity index (χ4n) is 3.69. The number of halogens is 1. The van der Waals surface area contributed by atoms with Crippen molar-refractivity contribution in [2.75, 3.05) is 58.3 Å². The van der Waals surface area contributed by atoms with Crippen LogP contribution in [0.15, 0.2) is 53.5 Å². The molecule has 1 atom stereocenters. The van der Waals surface area contributed by atoms with Crippen molar-refractivity contribution in [2.45, 2.75) is 12.5 Å². The summed E-state index contributed by atoms with van der Waals surface area (Å²) in [5.41, 5.74) is 3.36. The molecule has 6 nitrogen and oxygen atoms in total. The number of anilines is 1. The molecular formula is C23H32ClN5O. The molecule has 0 aromatic heterocycles. The Labute approximate surface area is 184 Å². The zero-order chi connectivity index (χ0) is 21.3. The Kier molecular flexibility index (Phi) is 8.37. The molecule has 7 heteroatoms. The maximum Gasteiger partial charge on any atom is 0.191 e. The number of nitrogens with zero attached hydrogens (tertiary/aromatic N) is 3. The van der Waals surface area contributed by atoms with E-state index in [4.69, 9.17) is 11.6 Å². The fourth-order valence-corrected chi connectivity index (χ4v) is 3.93. The standard InChI is InChI=1S/C23H32ClN5O/c1-25-23(26-15-19(17-30)18-7-4-3-5-8-18)27-16-20-21(24)9-6-10-22(20)29-13-11-28(2)12-14-29/h3-10,19,30H,11-17H2,1-2H3,(H2,25,26,27). The van der Waals surface area contributed by atoms with E-state index in [0.29, 0.717) is 19.0 Å². The Morgan fingerprint density at radius 2 is 1.80 bits per heavy atom. The normalized spacial score (nSPS) is 16.4. The first-order chi connectivity index (χ1) is 14.6. The SMILES string of the molecule is CN=C(NCc1c(Cl)cccc1N1CCN(C)CC1)NCC(CO)c1ccccc1. The van der Waals surface area contributed by atoms with E-state index in [1.54, 1.807) is 7.05 Å². The van der Waals surface area contributed by atoms with E-state index >= 15 is 0 Å². The number of nitrogens with one attached hydrogen (secondary N) is 2. The lowest BCUT2D eigenvalue weighted by molar-refractivity contribution is 0.265. The lowest BCUT2D eigenvalue weighted by atomic mass is 10.0. The minimum absolute atomic E-state index is 0.00552. The largest absolute Gasteiger partial charge is 0.396 e. The Balaban J connectivity index is 1.62. The molecule has 1 heterocycles. The minimum atomic E-state index is 0.00552. The number of hydrogen-bond donors (Lipinski definition) is 3. The molecule has 1 aliphatic heterocycles. The molecule has 1 saturated heterocycles. The van der Waals surface area contributed by atoms with Crippen LogP contribution in [0.25, 0.3) is 0 Å². The van der Waals surface area contributed by atoms with E-state index in [1.165, 1.54) is 5.69 Å². The number of likely N-dealkylation sites (N-methyl/N-ethyl adjacent to an activating group) is 1. The number of aliphatic hydroxyl groups is 1. The smallest absolute Gasteiger partial charge is 0.191 e. The van der Waals surface area contributed by atoms with Crippen molar-refractivity contribution < 1.29 is 5.11 Å². The van der Waals surface area contributed by atoms with Crippen LogP contribution in [0.5, 0.6) is 0 Å². The zero-order valence-corrected chi connectivity index (χ0v) is 18.6. The van der Waals surface area contributed by atoms with Crippen molar-refractivity contribution >= 4 is 23.2 Å². The molecule has 0 aliphatic carbocycles. The summed E-state index contributed by atoms with van der Waals surface area (Å²) in [7, 11) is 3.91. The zero-order valence-electron chi connectivity index (χ0n) is 17.8. The van der Waals surface area contributed by atoms with E-state index in [9.17, 15) is 5.11 Å². The number of aliphatic imine (C=N–C) groups is 1. The van der Waals surface area contributed by atoms with Crippen LogP contribution in [0.3, 0.4) is 0 Å².